The fourth-order valence-corrected chi connectivity index (χ4v) is 3.48. The summed E-state index contributed by atoms with van der Waals surface area (Å²) in [4.78, 5) is 13.0. The first-order valence-electron chi connectivity index (χ1n) is 9.55. The highest BCUT2D eigenvalue weighted by Gasteiger charge is 2.21. The van der Waals surface area contributed by atoms with Crippen molar-refractivity contribution in [2.24, 2.45) is 0 Å². The maximum Gasteiger partial charge on any atom is 0.255 e. The van der Waals surface area contributed by atoms with E-state index in [1.165, 1.54) is 0 Å². The average molecular weight is 413 g/mol. The van der Waals surface area contributed by atoms with Crippen molar-refractivity contribution >= 4 is 18.3 Å². The number of hydrogen-bond acceptors (Lipinski definition) is 4. The molecule has 4 rings (SSSR count). The molecule has 29 heavy (non-hydrogen) atoms. The highest BCUT2D eigenvalue weighted by molar-refractivity contribution is 6.00. The van der Waals surface area contributed by atoms with Gasteiger partial charge in [0.05, 0.1) is 18.4 Å². The first-order valence-corrected chi connectivity index (χ1v) is 9.55. The lowest BCUT2D eigenvalue weighted by molar-refractivity contribution is 0.0951. The van der Waals surface area contributed by atoms with Gasteiger partial charge in [-0.2, -0.15) is 5.10 Å². The monoisotopic (exact) mass is 412 g/mol. The van der Waals surface area contributed by atoms with Crippen LogP contribution in [0.15, 0.2) is 60.8 Å². The molecule has 3 aromatic rings. The molecule has 152 valence electrons. The molecule has 1 aliphatic heterocycles. The van der Waals surface area contributed by atoms with E-state index in [4.69, 9.17) is 9.84 Å². The Kier molecular flexibility index (Phi) is 6.90. The maximum absolute atomic E-state index is 13.0. The van der Waals surface area contributed by atoms with Gasteiger partial charge in [-0.3, -0.25) is 4.79 Å². The number of rotatable bonds is 6. The molecule has 1 unspecified atom stereocenters. The first kappa shape index (κ1) is 20.9. The minimum absolute atomic E-state index is 0. The highest BCUT2D eigenvalue weighted by Crippen LogP contribution is 2.27. The minimum Gasteiger partial charge on any atom is -0.497 e. The Morgan fingerprint density at radius 3 is 2.79 bits per heavy atom. The third-order valence-corrected chi connectivity index (χ3v) is 4.99. The van der Waals surface area contributed by atoms with Crippen molar-refractivity contribution in [3.05, 3.63) is 66.4 Å². The summed E-state index contributed by atoms with van der Waals surface area (Å²) in [6.07, 6.45) is 4.04. The fraction of sp³-hybridized carbons (Fsp3) is 0.273. The second-order valence-corrected chi connectivity index (χ2v) is 6.91. The molecule has 1 saturated heterocycles. The van der Waals surface area contributed by atoms with Crippen molar-refractivity contribution in [2.45, 2.75) is 18.9 Å². The Bertz CT molecular complexity index is 952. The van der Waals surface area contributed by atoms with Gasteiger partial charge in [0.2, 0.25) is 0 Å². The molecule has 0 spiro atoms. The van der Waals surface area contributed by atoms with Gasteiger partial charge in [-0.1, -0.05) is 30.3 Å². The van der Waals surface area contributed by atoms with Crippen LogP contribution in [-0.2, 0) is 0 Å². The second-order valence-electron chi connectivity index (χ2n) is 6.91. The molecule has 6 nitrogen and oxygen atoms in total. The number of nitrogens with zero attached hydrogens (tertiary/aromatic N) is 2. The fourth-order valence-electron chi connectivity index (χ4n) is 3.48. The van der Waals surface area contributed by atoms with E-state index in [9.17, 15) is 4.79 Å². The predicted molar refractivity (Wildman–Crippen MR) is 116 cm³/mol. The zero-order chi connectivity index (χ0) is 19.3. The Morgan fingerprint density at radius 2 is 2.07 bits per heavy atom. The van der Waals surface area contributed by atoms with Crippen LogP contribution in [0.1, 0.15) is 23.2 Å². The number of amides is 1. The lowest BCUT2D eigenvalue weighted by Gasteiger charge is -2.11. The number of hydrogen-bond donors (Lipinski definition) is 2. The van der Waals surface area contributed by atoms with Crippen molar-refractivity contribution in [3.63, 3.8) is 0 Å². The Labute approximate surface area is 176 Å². The second kappa shape index (κ2) is 9.58. The molecule has 0 aliphatic carbocycles. The molecule has 1 atom stereocenters. The van der Waals surface area contributed by atoms with Crippen molar-refractivity contribution in [1.29, 1.82) is 0 Å². The summed E-state index contributed by atoms with van der Waals surface area (Å²) in [5.74, 6) is 0.613. The van der Waals surface area contributed by atoms with E-state index in [1.54, 1.807) is 18.0 Å². The zero-order valence-electron chi connectivity index (χ0n) is 16.3. The highest BCUT2D eigenvalue weighted by atomic mass is 35.5. The number of carbonyl (C=O) groups is 1. The topological polar surface area (TPSA) is 68.2 Å². The summed E-state index contributed by atoms with van der Waals surface area (Å²) in [5, 5.41) is 11.2. The van der Waals surface area contributed by atoms with Crippen LogP contribution < -0.4 is 15.4 Å². The molecule has 0 radical (unpaired) electrons. The molecule has 7 heteroatoms. The summed E-state index contributed by atoms with van der Waals surface area (Å²) < 4.78 is 7.09. The molecule has 2 aromatic carbocycles. The molecule has 1 fully saturated rings. The molecule has 2 N–H and O–H groups in total. The van der Waals surface area contributed by atoms with E-state index < -0.39 is 0 Å². The summed E-state index contributed by atoms with van der Waals surface area (Å²) in [7, 11) is 1.63. The van der Waals surface area contributed by atoms with Gasteiger partial charge in [-0.25, -0.2) is 4.68 Å². The van der Waals surface area contributed by atoms with E-state index >= 15 is 0 Å². The van der Waals surface area contributed by atoms with E-state index in [0.29, 0.717) is 23.8 Å². The number of para-hydroxylation sites is 1. The number of carbonyl (C=O) groups excluding carboxylic acids is 1. The lowest BCUT2D eigenvalue weighted by Crippen LogP contribution is -2.37. The van der Waals surface area contributed by atoms with Crippen molar-refractivity contribution in [2.75, 3.05) is 20.2 Å². The van der Waals surface area contributed by atoms with Crippen molar-refractivity contribution in [1.82, 2.24) is 20.4 Å². The van der Waals surface area contributed by atoms with Crippen LogP contribution in [-0.4, -0.2) is 41.9 Å². The van der Waals surface area contributed by atoms with Gasteiger partial charge >= 0.3 is 0 Å². The molecule has 1 aliphatic rings. The van der Waals surface area contributed by atoms with Gasteiger partial charge in [-0.05, 0) is 43.7 Å². The van der Waals surface area contributed by atoms with Crippen molar-refractivity contribution in [3.8, 4) is 22.7 Å². The summed E-state index contributed by atoms with van der Waals surface area (Å²) >= 11 is 0. The van der Waals surface area contributed by atoms with Crippen LogP contribution in [0.4, 0.5) is 0 Å². The van der Waals surface area contributed by atoms with E-state index in [-0.39, 0.29) is 18.3 Å². The van der Waals surface area contributed by atoms with E-state index in [2.05, 4.69) is 10.6 Å². The SMILES string of the molecule is COc1cccc(-c2nn(-c3ccccc3)cc2C(=O)NCC2CCCN2)c1.Cl. The molecule has 1 amide bonds. The Hall–Kier alpha value is -2.83. The first-order chi connectivity index (χ1) is 13.7. The quantitative estimate of drug-likeness (QED) is 0.650. The van der Waals surface area contributed by atoms with Gasteiger partial charge in [0.25, 0.3) is 5.91 Å². The van der Waals surface area contributed by atoms with E-state index in [0.717, 1.165) is 36.4 Å². The summed E-state index contributed by atoms with van der Waals surface area (Å²) in [5.41, 5.74) is 2.94. The molecule has 0 saturated carbocycles. The number of methoxy groups -OCH3 is 1. The van der Waals surface area contributed by atoms with Gasteiger partial charge in [0.15, 0.2) is 0 Å². The summed E-state index contributed by atoms with van der Waals surface area (Å²) in [6.45, 7) is 1.63. The smallest absolute Gasteiger partial charge is 0.255 e. The predicted octanol–water partition coefficient (Wildman–Crippen LogP) is 3.45. The van der Waals surface area contributed by atoms with Crippen LogP contribution in [0.25, 0.3) is 16.9 Å². The Morgan fingerprint density at radius 1 is 1.24 bits per heavy atom. The molecule has 0 bridgehead atoms. The van der Waals surface area contributed by atoms with E-state index in [1.807, 2.05) is 54.6 Å². The molecule has 2 heterocycles. The van der Waals surface area contributed by atoms with Crippen LogP contribution in [0.3, 0.4) is 0 Å². The number of ether oxygens (including phenoxy) is 1. The Balaban J connectivity index is 0.00000240. The standard InChI is InChI=1S/C22H24N4O2.ClH/c1-28-19-11-5-7-16(13-19)21-20(22(27)24-14-17-8-6-12-23-17)15-26(25-21)18-9-3-2-4-10-18;/h2-5,7,9-11,13,15,17,23H,6,8,12,14H2,1H3,(H,24,27);1H. The number of aromatic nitrogens is 2. The summed E-state index contributed by atoms with van der Waals surface area (Å²) in [6, 6.07) is 17.7. The zero-order valence-corrected chi connectivity index (χ0v) is 17.1. The van der Waals surface area contributed by atoms with Crippen LogP contribution in [0.2, 0.25) is 0 Å². The van der Waals surface area contributed by atoms with Gasteiger partial charge in [0.1, 0.15) is 11.4 Å². The van der Waals surface area contributed by atoms with Crippen LogP contribution in [0, 0.1) is 0 Å². The van der Waals surface area contributed by atoms with Crippen LogP contribution >= 0.6 is 12.4 Å². The lowest BCUT2D eigenvalue weighted by atomic mass is 10.1. The third-order valence-electron chi connectivity index (χ3n) is 4.99. The third kappa shape index (κ3) is 4.78. The largest absolute Gasteiger partial charge is 0.497 e. The van der Waals surface area contributed by atoms with Crippen LogP contribution in [0.5, 0.6) is 5.75 Å². The van der Waals surface area contributed by atoms with Crippen molar-refractivity contribution < 1.29 is 9.53 Å². The normalized spacial score (nSPS) is 15.6. The minimum atomic E-state index is -0.117. The van der Waals surface area contributed by atoms with Gasteiger partial charge in [-0.15, -0.1) is 12.4 Å². The molecular weight excluding hydrogens is 388 g/mol. The van der Waals surface area contributed by atoms with Gasteiger partial charge < -0.3 is 15.4 Å². The maximum atomic E-state index is 13.0. The average Bonchev–Trinajstić information content (AvgIpc) is 3.43. The number of nitrogens with one attached hydrogen (secondary N) is 2. The van der Waals surface area contributed by atoms with Gasteiger partial charge in [0, 0.05) is 24.3 Å². The number of benzene rings is 2. The number of halogens is 1. The molecular formula is C22H25ClN4O2. The molecule has 1 aromatic heterocycles.